The van der Waals surface area contributed by atoms with Crippen molar-refractivity contribution in [1.82, 2.24) is 4.98 Å². The second kappa shape index (κ2) is 8.38. The molecule has 0 spiro atoms. The van der Waals surface area contributed by atoms with E-state index in [0.29, 0.717) is 36.2 Å². The van der Waals surface area contributed by atoms with Crippen LogP contribution >= 0.6 is 0 Å². The lowest BCUT2D eigenvalue weighted by Gasteiger charge is -2.19. The van der Waals surface area contributed by atoms with Crippen LogP contribution in [0.2, 0.25) is 0 Å². The summed E-state index contributed by atoms with van der Waals surface area (Å²) < 4.78 is 11.8. The van der Waals surface area contributed by atoms with E-state index in [1.54, 1.807) is 24.4 Å². The zero-order valence-electron chi connectivity index (χ0n) is 19.5. The molecular weight excluding hydrogens is 456 g/mol. The number of nitrogens with two attached hydrogens (primary N) is 1. The first-order chi connectivity index (χ1) is 17.5. The van der Waals surface area contributed by atoms with Crippen molar-refractivity contribution in [3.63, 3.8) is 0 Å². The van der Waals surface area contributed by atoms with Gasteiger partial charge in [-0.1, -0.05) is 12.1 Å². The summed E-state index contributed by atoms with van der Waals surface area (Å²) in [6.45, 7) is 0. The summed E-state index contributed by atoms with van der Waals surface area (Å²) in [7, 11) is 0. The molecular formula is C28H24N4O4. The number of anilines is 1. The Morgan fingerprint density at radius 3 is 2.83 bits per heavy atom. The van der Waals surface area contributed by atoms with Crippen LogP contribution in [0.3, 0.4) is 0 Å². The highest BCUT2D eigenvalue weighted by molar-refractivity contribution is 5.93. The molecule has 0 saturated heterocycles. The zero-order valence-corrected chi connectivity index (χ0v) is 19.5. The van der Waals surface area contributed by atoms with Crippen LogP contribution in [0, 0.1) is 11.3 Å². The van der Waals surface area contributed by atoms with Crippen molar-refractivity contribution >= 4 is 17.6 Å². The van der Waals surface area contributed by atoms with E-state index >= 15 is 0 Å². The number of primary amides is 1. The summed E-state index contributed by atoms with van der Waals surface area (Å²) in [5.41, 5.74) is 8.42. The Bertz CT molecular complexity index is 1440. The van der Waals surface area contributed by atoms with Crippen LogP contribution in [-0.2, 0) is 16.6 Å². The van der Waals surface area contributed by atoms with Crippen LogP contribution < -0.4 is 20.5 Å². The number of benzene rings is 2. The van der Waals surface area contributed by atoms with Gasteiger partial charge in [0.05, 0.1) is 11.5 Å². The average molecular weight is 481 g/mol. The minimum Gasteiger partial charge on any atom is -0.489 e. The maximum absolute atomic E-state index is 11.5. The van der Waals surface area contributed by atoms with Crippen LogP contribution in [0.4, 0.5) is 5.82 Å². The maximum atomic E-state index is 11.5. The number of fused-ring (bicyclic) bond motifs is 4. The summed E-state index contributed by atoms with van der Waals surface area (Å²) in [6, 6.07) is 17.1. The van der Waals surface area contributed by atoms with Crippen LogP contribution in [0.1, 0.15) is 58.6 Å². The van der Waals surface area contributed by atoms with Gasteiger partial charge in [0.15, 0.2) is 0 Å². The number of carbonyl (C=O) groups is 2. The predicted molar refractivity (Wildman–Crippen MR) is 131 cm³/mol. The van der Waals surface area contributed by atoms with Crippen LogP contribution in [0.25, 0.3) is 0 Å². The maximum Gasteiger partial charge on any atom is 0.248 e. The van der Waals surface area contributed by atoms with Gasteiger partial charge in [0.2, 0.25) is 11.8 Å². The molecule has 0 bridgehead atoms. The van der Waals surface area contributed by atoms with E-state index in [1.807, 2.05) is 24.3 Å². The second-order valence-corrected chi connectivity index (χ2v) is 9.62. The third kappa shape index (κ3) is 4.03. The summed E-state index contributed by atoms with van der Waals surface area (Å²) in [5.74, 6) is 3.27. The normalized spacial score (nSPS) is 21.1. The quantitative estimate of drug-likeness (QED) is 0.572. The molecule has 0 radical (unpaired) electrons. The molecule has 1 aromatic heterocycles. The number of aromatic nitrogens is 1. The van der Waals surface area contributed by atoms with Crippen LogP contribution in [-0.4, -0.2) is 22.9 Å². The fourth-order valence-corrected chi connectivity index (χ4v) is 4.82. The van der Waals surface area contributed by atoms with Crippen molar-refractivity contribution in [3.05, 3.63) is 77.0 Å². The van der Waals surface area contributed by atoms with Crippen LogP contribution in [0.5, 0.6) is 17.2 Å². The van der Waals surface area contributed by atoms with Gasteiger partial charge in [-0.2, -0.15) is 5.26 Å². The van der Waals surface area contributed by atoms with E-state index in [4.69, 9.17) is 20.5 Å². The molecule has 2 aromatic carbocycles. The molecule has 7 rings (SSSR count). The number of nitriles is 1. The Morgan fingerprint density at radius 1 is 1.19 bits per heavy atom. The fraction of sp³-hybridized carbons (Fsp3) is 0.286. The minimum absolute atomic E-state index is 0.00612. The molecule has 3 aromatic rings. The number of rotatable bonds is 4. The zero-order chi connectivity index (χ0) is 24.9. The van der Waals surface area contributed by atoms with Gasteiger partial charge in [-0.3, -0.25) is 9.59 Å². The molecule has 2 atom stereocenters. The lowest BCUT2D eigenvalue weighted by atomic mass is 9.96. The number of pyridine rings is 1. The highest BCUT2D eigenvalue weighted by atomic mass is 16.5. The molecule has 2 fully saturated rings. The third-order valence-corrected chi connectivity index (χ3v) is 7.16. The minimum atomic E-state index is -0.444. The van der Waals surface area contributed by atoms with Crippen LogP contribution in [0.15, 0.2) is 54.7 Å². The smallest absolute Gasteiger partial charge is 0.248 e. The van der Waals surface area contributed by atoms with E-state index in [1.165, 1.54) is 5.56 Å². The SMILES string of the molecule is N#CC1(c2cccc(C(N)=O)c2)CC1.O=C1CCc2c(Oc3ccc4c(c3)C3CC3O4)ccnc2N1. The number of carbonyl (C=O) groups excluding carboxylic acids is 2. The van der Waals surface area contributed by atoms with Gasteiger partial charge in [0.25, 0.3) is 0 Å². The van der Waals surface area contributed by atoms with Gasteiger partial charge < -0.3 is 20.5 Å². The number of hydrogen-bond acceptors (Lipinski definition) is 6. The van der Waals surface area contributed by atoms with Crippen molar-refractivity contribution in [3.8, 4) is 23.3 Å². The molecule has 2 unspecified atom stereocenters. The van der Waals surface area contributed by atoms with Crippen molar-refractivity contribution in [2.45, 2.75) is 49.5 Å². The average Bonchev–Trinajstić information content (AvgIpc) is 3.82. The third-order valence-electron chi connectivity index (χ3n) is 7.16. The Morgan fingerprint density at radius 2 is 2.06 bits per heavy atom. The Hall–Kier alpha value is -4.38. The topological polar surface area (TPSA) is 127 Å². The molecule has 36 heavy (non-hydrogen) atoms. The molecule has 3 heterocycles. The molecule has 2 saturated carbocycles. The highest BCUT2D eigenvalue weighted by Crippen LogP contribution is 2.54. The Labute approximate surface area is 208 Å². The fourth-order valence-electron chi connectivity index (χ4n) is 4.82. The Kier molecular flexibility index (Phi) is 5.15. The Balaban J connectivity index is 0.000000149. The standard InChI is InChI=1S/C17H14N2O3.C11H10N2O/c20-16-4-2-10-14(5-6-18-17(10)19-16)21-9-1-3-13-11(7-9)12-8-15(12)22-13;12-7-11(4-5-11)9-3-1-2-8(6-9)10(13)14/h1,3,5-7,12,15H,2,4,8H2,(H,18,19,20);1-3,6H,4-5H2,(H2,13,14). The van der Waals surface area contributed by atoms with E-state index in [0.717, 1.165) is 47.6 Å². The number of hydrogen-bond donors (Lipinski definition) is 2. The van der Waals surface area contributed by atoms with Gasteiger partial charge in [-0.15, -0.1) is 0 Å². The first-order valence-corrected chi connectivity index (χ1v) is 12.0. The summed E-state index contributed by atoms with van der Waals surface area (Å²) in [5, 5.41) is 11.8. The second-order valence-electron chi connectivity index (χ2n) is 9.62. The van der Waals surface area contributed by atoms with E-state index in [-0.39, 0.29) is 11.3 Å². The molecule has 2 aliphatic heterocycles. The number of ether oxygens (including phenoxy) is 2. The molecule has 2 amide bonds. The number of amides is 2. The number of nitrogens with one attached hydrogen (secondary N) is 1. The molecule has 2 aliphatic carbocycles. The van der Waals surface area contributed by atoms with Crippen molar-refractivity contribution in [2.75, 3.05) is 5.32 Å². The molecule has 4 aliphatic rings. The van der Waals surface area contributed by atoms with Gasteiger partial charge in [0.1, 0.15) is 29.2 Å². The van der Waals surface area contributed by atoms with Gasteiger partial charge in [-0.05, 0) is 67.6 Å². The van der Waals surface area contributed by atoms with Gasteiger partial charge >= 0.3 is 0 Å². The van der Waals surface area contributed by atoms with Crippen molar-refractivity contribution in [1.29, 1.82) is 5.26 Å². The van der Waals surface area contributed by atoms with Crippen molar-refractivity contribution in [2.24, 2.45) is 5.73 Å². The van der Waals surface area contributed by atoms with Gasteiger partial charge in [0, 0.05) is 35.2 Å². The molecule has 8 heteroatoms. The summed E-state index contributed by atoms with van der Waals surface area (Å²) >= 11 is 0. The largest absolute Gasteiger partial charge is 0.489 e. The van der Waals surface area contributed by atoms with E-state index < -0.39 is 5.91 Å². The molecule has 180 valence electrons. The predicted octanol–water partition coefficient (Wildman–Crippen LogP) is 4.35. The van der Waals surface area contributed by atoms with E-state index in [2.05, 4.69) is 22.4 Å². The number of nitrogens with zero attached hydrogens (tertiary/aromatic N) is 2. The highest BCUT2D eigenvalue weighted by Gasteiger charge is 2.48. The van der Waals surface area contributed by atoms with E-state index in [9.17, 15) is 9.59 Å². The summed E-state index contributed by atoms with van der Waals surface area (Å²) in [6.07, 6.45) is 6.05. The first-order valence-electron chi connectivity index (χ1n) is 12.0. The first kappa shape index (κ1) is 22.1. The summed E-state index contributed by atoms with van der Waals surface area (Å²) in [4.78, 5) is 26.6. The lowest BCUT2D eigenvalue weighted by molar-refractivity contribution is -0.116. The lowest BCUT2D eigenvalue weighted by Crippen LogP contribution is -2.20. The molecule has 3 N–H and O–H groups in total. The van der Waals surface area contributed by atoms with Gasteiger partial charge in [-0.25, -0.2) is 4.98 Å². The monoisotopic (exact) mass is 480 g/mol. The van der Waals surface area contributed by atoms with Crippen molar-refractivity contribution < 1.29 is 19.1 Å². The molecule has 8 nitrogen and oxygen atoms in total.